The fourth-order valence-corrected chi connectivity index (χ4v) is 1.57. The number of esters is 1. The lowest BCUT2D eigenvalue weighted by Crippen LogP contribution is -2.14. The summed E-state index contributed by atoms with van der Waals surface area (Å²) in [4.78, 5) is 11.3. The van der Waals surface area contributed by atoms with Gasteiger partial charge < -0.3 is 15.2 Å². The summed E-state index contributed by atoms with van der Waals surface area (Å²) in [6.07, 6.45) is -0.338. The summed E-state index contributed by atoms with van der Waals surface area (Å²) in [5.41, 5.74) is 5.84. The number of nitriles is 1. The maximum absolute atomic E-state index is 12.4. The van der Waals surface area contributed by atoms with Gasteiger partial charge in [0.25, 0.3) is 0 Å². The molecule has 102 valence electrons. The number of carbonyl (C=O) groups is 1. The summed E-state index contributed by atoms with van der Waals surface area (Å²) in [6, 6.07) is 4.63. The van der Waals surface area contributed by atoms with E-state index in [2.05, 4.69) is 9.47 Å². The molecule has 1 aromatic carbocycles. The van der Waals surface area contributed by atoms with Crippen molar-refractivity contribution in [3.8, 4) is 11.8 Å². The zero-order valence-electron chi connectivity index (χ0n) is 10.2. The first-order valence-corrected chi connectivity index (χ1v) is 5.30. The molecule has 0 saturated heterocycles. The fraction of sp³-hybridized carbons (Fsp3) is 0.333. The van der Waals surface area contributed by atoms with Crippen LogP contribution in [0, 0.1) is 11.3 Å². The standard InChI is InChI=1S/C12H12F2N2O3/c1-18-10(17)4-9-7(5-15)2-3-8(6-16)11(9)19-12(13)14/h2-3,12H,4,6,16H2,1H3. The quantitative estimate of drug-likeness (QED) is 0.816. The molecule has 0 spiro atoms. The zero-order chi connectivity index (χ0) is 14.4. The average Bonchev–Trinajstić information content (AvgIpc) is 2.39. The van der Waals surface area contributed by atoms with Crippen LogP contribution in [0.25, 0.3) is 0 Å². The molecule has 0 aliphatic heterocycles. The first-order chi connectivity index (χ1) is 9.03. The van der Waals surface area contributed by atoms with E-state index in [-0.39, 0.29) is 29.8 Å². The lowest BCUT2D eigenvalue weighted by molar-refractivity contribution is -0.139. The van der Waals surface area contributed by atoms with Crippen molar-refractivity contribution in [3.63, 3.8) is 0 Å². The Hall–Kier alpha value is -2.20. The fourth-order valence-electron chi connectivity index (χ4n) is 1.57. The number of rotatable bonds is 5. The van der Waals surface area contributed by atoms with Gasteiger partial charge in [0.2, 0.25) is 0 Å². The van der Waals surface area contributed by atoms with Gasteiger partial charge in [0.05, 0.1) is 25.2 Å². The average molecular weight is 270 g/mol. The van der Waals surface area contributed by atoms with Crippen LogP contribution in [-0.4, -0.2) is 19.7 Å². The van der Waals surface area contributed by atoms with Gasteiger partial charge in [0.15, 0.2) is 0 Å². The van der Waals surface area contributed by atoms with E-state index in [1.54, 1.807) is 0 Å². The summed E-state index contributed by atoms with van der Waals surface area (Å²) in [6.45, 7) is -3.13. The molecule has 19 heavy (non-hydrogen) atoms. The minimum Gasteiger partial charge on any atom is -0.469 e. The summed E-state index contributed by atoms with van der Waals surface area (Å²) in [5, 5.41) is 8.95. The molecule has 1 aromatic rings. The first-order valence-electron chi connectivity index (χ1n) is 5.30. The Morgan fingerprint density at radius 1 is 1.53 bits per heavy atom. The number of nitrogens with two attached hydrogens (primary N) is 1. The monoisotopic (exact) mass is 270 g/mol. The van der Waals surface area contributed by atoms with Crippen molar-refractivity contribution in [2.45, 2.75) is 19.6 Å². The molecule has 0 radical (unpaired) electrons. The predicted molar refractivity (Wildman–Crippen MR) is 61.4 cm³/mol. The van der Waals surface area contributed by atoms with Crippen molar-refractivity contribution in [3.05, 3.63) is 28.8 Å². The normalized spacial score (nSPS) is 10.1. The van der Waals surface area contributed by atoms with E-state index >= 15 is 0 Å². The van der Waals surface area contributed by atoms with Crippen molar-refractivity contribution in [2.75, 3.05) is 7.11 Å². The smallest absolute Gasteiger partial charge is 0.387 e. The summed E-state index contributed by atoms with van der Waals surface area (Å²) >= 11 is 0. The summed E-state index contributed by atoms with van der Waals surface area (Å²) < 4.78 is 33.7. The van der Waals surface area contributed by atoms with Gasteiger partial charge in [-0.3, -0.25) is 4.79 Å². The van der Waals surface area contributed by atoms with E-state index < -0.39 is 12.6 Å². The van der Waals surface area contributed by atoms with Crippen LogP contribution in [0.2, 0.25) is 0 Å². The molecule has 0 aliphatic rings. The number of carbonyl (C=O) groups excluding carboxylic acids is 1. The molecule has 0 bridgehead atoms. The van der Waals surface area contributed by atoms with Crippen LogP contribution in [0.4, 0.5) is 8.78 Å². The van der Waals surface area contributed by atoms with Crippen molar-refractivity contribution >= 4 is 5.97 Å². The van der Waals surface area contributed by atoms with Gasteiger partial charge >= 0.3 is 12.6 Å². The molecular weight excluding hydrogens is 258 g/mol. The van der Waals surface area contributed by atoms with Crippen molar-refractivity contribution in [1.29, 1.82) is 5.26 Å². The topological polar surface area (TPSA) is 85.3 Å². The molecule has 5 nitrogen and oxygen atoms in total. The number of nitrogens with zero attached hydrogens (tertiary/aromatic N) is 1. The third-order valence-electron chi connectivity index (χ3n) is 2.44. The Morgan fingerprint density at radius 2 is 2.21 bits per heavy atom. The minimum absolute atomic E-state index is 0.0533. The molecule has 0 fully saturated rings. The van der Waals surface area contributed by atoms with Crippen LogP contribution in [0.1, 0.15) is 16.7 Å². The largest absolute Gasteiger partial charge is 0.469 e. The van der Waals surface area contributed by atoms with Crippen LogP contribution in [0.5, 0.6) is 5.75 Å². The second-order valence-electron chi connectivity index (χ2n) is 3.53. The number of ether oxygens (including phenoxy) is 2. The van der Waals surface area contributed by atoms with Gasteiger partial charge in [0.1, 0.15) is 5.75 Å². The highest BCUT2D eigenvalue weighted by molar-refractivity contribution is 5.75. The molecule has 1 rings (SSSR count). The second-order valence-corrected chi connectivity index (χ2v) is 3.53. The summed E-state index contributed by atoms with van der Waals surface area (Å²) in [7, 11) is 1.16. The number of methoxy groups -OCH3 is 1. The van der Waals surface area contributed by atoms with Gasteiger partial charge in [-0.1, -0.05) is 6.07 Å². The molecule has 0 unspecified atom stereocenters. The minimum atomic E-state index is -3.07. The van der Waals surface area contributed by atoms with E-state index in [1.807, 2.05) is 6.07 Å². The highest BCUT2D eigenvalue weighted by Gasteiger charge is 2.20. The van der Waals surface area contributed by atoms with Gasteiger partial charge in [-0.15, -0.1) is 0 Å². The molecule has 0 saturated carbocycles. The van der Waals surface area contributed by atoms with Crippen molar-refractivity contribution in [2.24, 2.45) is 5.73 Å². The van der Waals surface area contributed by atoms with E-state index in [0.29, 0.717) is 5.56 Å². The molecule has 0 atom stereocenters. The maximum atomic E-state index is 12.4. The molecule has 0 amide bonds. The predicted octanol–water partition coefficient (Wildman–Crippen LogP) is 1.33. The van der Waals surface area contributed by atoms with Crippen LogP contribution in [-0.2, 0) is 22.5 Å². The highest BCUT2D eigenvalue weighted by Crippen LogP contribution is 2.29. The molecule has 0 aliphatic carbocycles. The number of hydrogen-bond donors (Lipinski definition) is 1. The Balaban J connectivity index is 3.34. The molecule has 0 aromatic heterocycles. The molecular formula is C12H12F2N2O3. The zero-order valence-corrected chi connectivity index (χ0v) is 10.2. The van der Waals surface area contributed by atoms with Gasteiger partial charge in [-0.2, -0.15) is 14.0 Å². The first kappa shape index (κ1) is 14.9. The van der Waals surface area contributed by atoms with Gasteiger partial charge in [0, 0.05) is 17.7 Å². The Bertz CT molecular complexity index is 512. The number of alkyl halides is 2. The van der Waals surface area contributed by atoms with Crippen LogP contribution >= 0.6 is 0 Å². The second kappa shape index (κ2) is 6.66. The Morgan fingerprint density at radius 3 is 2.68 bits per heavy atom. The highest BCUT2D eigenvalue weighted by atomic mass is 19.3. The van der Waals surface area contributed by atoms with Crippen molar-refractivity contribution in [1.82, 2.24) is 0 Å². The van der Waals surface area contributed by atoms with Gasteiger partial charge in [-0.25, -0.2) is 0 Å². The molecule has 7 heteroatoms. The number of halogens is 2. The van der Waals surface area contributed by atoms with Crippen molar-refractivity contribution < 1.29 is 23.0 Å². The third kappa shape index (κ3) is 3.63. The van der Waals surface area contributed by atoms with E-state index in [9.17, 15) is 13.6 Å². The lowest BCUT2D eigenvalue weighted by atomic mass is 10.00. The lowest BCUT2D eigenvalue weighted by Gasteiger charge is -2.15. The Kier molecular flexibility index (Phi) is 5.21. The number of benzene rings is 1. The number of hydrogen-bond acceptors (Lipinski definition) is 5. The summed E-state index contributed by atoms with van der Waals surface area (Å²) in [5.74, 6) is -0.897. The third-order valence-corrected chi connectivity index (χ3v) is 2.44. The maximum Gasteiger partial charge on any atom is 0.387 e. The Labute approximate surface area is 108 Å². The van der Waals surface area contributed by atoms with Crippen LogP contribution in [0.15, 0.2) is 12.1 Å². The van der Waals surface area contributed by atoms with Gasteiger partial charge in [-0.05, 0) is 6.07 Å². The molecule has 2 N–H and O–H groups in total. The van der Waals surface area contributed by atoms with Crippen LogP contribution < -0.4 is 10.5 Å². The van der Waals surface area contributed by atoms with Crippen LogP contribution in [0.3, 0.4) is 0 Å². The van der Waals surface area contributed by atoms with E-state index in [1.165, 1.54) is 12.1 Å². The SMILES string of the molecule is COC(=O)Cc1c(C#N)ccc(CN)c1OC(F)F. The van der Waals surface area contributed by atoms with E-state index in [4.69, 9.17) is 11.0 Å². The van der Waals surface area contributed by atoms with E-state index in [0.717, 1.165) is 7.11 Å². The molecule has 0 heterocycles.